The van der Waals surface area contributed by atoms with Gasteiger partial charge in [-0.2, -0.15) is 0 Å². The Morgan fingerprint density at radius 1 is 0.594 bits per heavy atom. The molecule has 0 spiro atoms. The third-order valence-corrected chi connectivity index (χ3v) is 17.0. The summed E-state index contributed by atoms with van der Waals surface area (Å²) in [6.07, 6.45) is 6.21. The molecule has 0 unspecified atom stereocenters. The van der Waals surface area contributed by atoms with Crippen molar-refractivity contribution in [2.24, 2.45) is 11.8 Å². The zero-order valence-corrected chi connectivity index (χ0v) is 40.0. The lowest BCUT2D eigenvalue weighted by molar-refractivity contribution is 0.103. The van der Waals surface area contributed by atoms with E-state index >= 15 is 4.79 Å². The summed E-state index contributed by atoms with van der Waals surface area (Å²) in [7, 11) is -7.69. The highest BCUT2D eigenvalue weighted by Crippen LogP contribution is 2.44. The van der Waals surface area contributed by atoms with Crippen LogP contribution in [0.4, 0.5) is 21.6 Å². The molecular formula is C45H46Cl2N6O7S4. The fraction of sp³-hybridized carbons (Fsp3) is 0.400. The Bertz CT molecular complexity index is 2830. The molecule has 0 bridgehead atoms. The largest absolute Gasteiger partial charge is 0.490 e. The number of thiazole rings is 2. The van der Waals surface area contributed by atoms with Crippen molar-refractivity contribution in [1.29, 1.82) is 0 Å². The van der Waals surface area contributed by atoms with Crippen molar-refractivity contribution >= 4 is 113 Å². The van der Waals surface area contributed by atoms with Gasteiger partial charge in [-0.1, -0.05) is 45.9 Å². The highest BCUT2D eigenvalue weighted by Gasteiger charge is 2.34. The van der Waals surface area contributed by atoms with E-state index in [1.54, 1.807) is 34.8 Å². The van der Waals surface area contributed by atoms with Crippen molar-refractivity contribution in [2.45, 2.75) is 35.5 Å². The van der Waals surface area contributed by atoms with Crippen LogP contribution in [0.15, 0.2) is 70.5 Å². The predicted octanol–water partition coefficient (Wildman–Crippen LogP) is 8.48. The number of ether oxygens (including phenoxy) is 2. The molecule has 336 valence electrons. The van der Waals surface area contributed by atoms with Gasteiger partial charge < -0.3 is 29.1 Å². The first kappa shape index (κ1) is 43.5. The fourth-order valence-electron chi connectivity index (χ4n) is 8.15. The Kier molecular flexibility index (Phi) is 11.6. The van der Waals surface area contributed by atoms with Crippen LogP contribution in [0.5, 0.6) is 11.5 Å². The van der Waals surface area contributed by atoms with Gasteiger partial charge in [0.1, 0.15) is 0 Å². The number of aromatic nitrogens is 2. The molecule has 19 heteroatoms. The number of halogens is 2. The first-order valence-corrected chi connectivity index (χ1v) is 27.5. The van der Waals surface area contributed by atoms with Gasteiger partial charge in [0.2, 0.25) is 5.78 Å². The molecule has 0 N–H and O–H groups in total. The van der Waals surface area contributed by atoms with Crippen LogP contribution in [-0.2, 0) is 19.7 Å². The van der Waals surface area contributed by atoms with Gasteiger partial charge in [-0.25, -0.2) is 26.8 Å². The summed E-state index contributed by atoms with van der Waals surface area (Å²) in [5.41, 5.74) is 2.81. The summed E-state index contributed by atoms with van der Waals surface area (Å²) in [4.78, 5) is 33.6. The van der Waals surface area contributed by atoms with E-state index in [0.717, 1.165) is 68.9 Å². The maximum atomic E-state index is 15.5. The number of anilines is 4. The summed E-state index contributed by atoms with van der Waals surface area (Å²) in [6, 6.07) is 17.3. The highest BCUT2D eigenvalue weighted by atomic mass is 35.5. The van der Waals surface area contributed by atoms with Gasteiger partial charge in [0, 0.05) is 74.9 Å². The summed E-state index contributed by atoms with van der Waals surface area (Å²) in [5.74, 6) is 0.599. The van der Waals surface area contributed by atoms with Crippen molar-refractivity contribution in [3.05, 3.63) is 81.8 Å². The van der Waals surface area contributed by atoms with E-state index in [-0.39, 0.29) is 32.4 Å². The fourth-order valence-corrected chi connectivity index (χ4v) is 12.1. The predicted molar refractivity (Wildman–Crippen MR) is 257 cm³/mol. The van der Waals surface area contributed by atoms with Crippen LogP contribution in [0.2, 0.25) is 10.0 Å². The van der Waals surface area contributed by atoms with Gasteiger partial charge in [-0.15, -0.1) is 0 Å². The molecule has 10 rings (SSSR count). The Balaban J connectivity index is 1.02. The molecule has 0 amide bonds. The van der Waals surface area contributed by atoms with Crippen LogP contribution in [0.25, 0.3) is 20.4 Å². The Hall–Kier alpha value is -4.39. The average Bonchev–Trinajstić information content (AvgIpc) is 4.20. The first-order chi connectivity index (χ1) is 30.6. The number of ketones is 1. The maximum Gasteiger partial charge on any atom is 0.200 e. The molecule has 4 fully saturated rings. The number of fused-ring (bicyclic) bond motifs is 2. The second-order valence-electron chi connectivity index (χ2n) is 17.2. The minimum Gasteiger partial charge on any atom is -0.490 e. The lowest BCUT2D eigenvalue weighted by Crippen LogP contribution is -2.46. The van der Waals surface area contributed by atoms with E-state index in [1.807, 2.05) is 36.4 Å². The van der Waals surface area contributed by atoms with Crippen LogP contribution in [0, 0.1) is 11.8 Å². The van der Waals surface area contributed by atoms with Crippen LogP contribution < -0.4 is 29.1 Å². The van der Waals surface area contributed by atoms with Crippen molar-refractivity contribution < 1.29 is 31.1 Å². The van der Waals surface area contributed by atoms with E-state index in [2.05, 4.69) is 19.6 Å². The number of sulfone groups is 2. The third kappa shape index (κ3) is 9.21. The molecule has 0 atom stereocenters. The number of piperazine rings is 2. The van der Waals surface area contributed by atoms with Crippen LogP contribution in [0.1, 0.15) is 41.6 Å². The smallest absolute Gasteiger partial charge is 0.200 e. The van der Waals surface area contributed by atoms with Crippen LogP contribution in [0.3, 0.4) is 0 Å². The number of rotatable bonds is 14. The number of hydrogen-bond donors (Lipinski definition) is 0. The Morgan fingerprint density at radius 2 is 0.969 bits per heavy atom. The molecule has 2 aliphatic heterocycles. The SMILES string of the molecule is CS(=O)(=O)c1cc(C(=O)c2cc(S(C)(=O)=O)cc(N3CCN(c4nc5ccc(Cl)cc5s4)CC3)c2OCC2CC2)c(OCC2CC2)c(N2CCN(c3nc4ccc(Cl)cc4s3)CC2)c1. The van der Waals surface area contributed by atoms with Crippen molar-refractivity contribution in [2.75, 3.05) is 97.7 Å². The molecule has 64 heavy (non-hydrogen) atoms. The minimum absolute atomic E-state index is 0.0386. The second kappa shape index (κ2) is 17.1. The maximum absolute atomic E-state index is 15.5. The highest BCUT2D eigenvalue weighted by molar-refractivity contribution is 7.91. The molecular weight excluding hydrogens is 936 g/mol. The normalized spacial score (nSPS) is 17.4. The molecule has 2 saturated heterocycles. The topological polar surface area (TPSA) is 143 Å². The third-order valence-electron chi connectivity index (χ3n) is 12.2. The number of hydrogen-bond acceptors (Lipinski definition) is 15. The average molecular weight is 982 g/mol. The number of carbonyl (C=O) groups is 1. The lowest BCUT2D eigenvalue weighted by atomic mass is 9.98. The lowest BCUT2D eigenvalue weighted by Gasteiger charge is -2.37. The van der Waals surface area contributed by atoms with Gasteiger partial charge in [0.25, 0.3) is 0 Å². The standard InChI is InChI=1S/C45H46Cl2N6O7S4/c1-63(55,56)31-21-33(42(59-25-27-3-4-27)37(23-31)50-11-15-52(16-12-50)44-48-35-9-7-29(46)19-39(35)61-44)41(54)34-22-32(64(2,57)58)24-38(43(34)60-26-28-5-6-28)51-13-17-53(18-14-51)45-49-36-10-8-30(47)20-40(36)62-45/h7-10,19-24,27-28H,3-6,11-18,25-26H2,1-2H3. The quantitative estimate of drug-likeness (QED) is 0.0965. The molecule has 4 aliphatic rings. The van der Waals surface area contributed by atoms with Crippen molar-refractivity contribution in [3.8, 4) is 11.5 Å². The van der Waals surface area contributed by atoms with E-state index in [0.29, 0.717) is 98.8 Å². The molecule has 2 aliphatic carbocycles. The van der Waals surface area contributed by atoms with E-state index in [4.69, 9.17) is 42.6 Å². The summed E-state index contributed by atoms with van der Waals surface area (Å²) < 4.78 is 69.1. The summed E-state index contributed by atoms with van der Waals surface area (Å²) >= 11 is 15.7. The molecule has 13 nitrogen and oxygen atoms in total. The van der Waals surface area contributed by atoms with Gasteiger partial charge >= 0.3 is 0 Å². The van der Waals surface area contributed by atoms with Gasteiger partial charge in [0.15, 0.2) is 41.4 Å². The zero-order valence-electron chi connectivity index (χ0n) is 35.3. The van der Waals surface area contributed by atoms with Gasteiger partial charge in [0.05, 0.1) is 65.9 Å². The van der Waals surface area contributed by atoms with E-state index in [9.17, 15) is 16.8 Å². The molecule has 0 radical (unpaired) electrons. The molecule has 2 aromatic heterocycles. The molecule has 6 aromatic rings. The number of carbonyl (C=O) groups excluding carboxylic acids is 1. The number of benzene rings is 4. The minimum atomic E-state index is -3.84. The molecule has 4 aromatic carbocycles. The molecule has 2 saturated carbocycles. The summed E-state index contributed by atoms with van der Waals surface area (Å²) in [5, 5.41) is 3.03. The Morgan fingerprint density at radius 3 is 1.33 bits per heavy atom. The van der Waals surface area contributed by atoms with Crippen LogP contribution >= 0.6 is 45.9 Å². The monoisotopic (exact) mass is 980 g/mol. The summed E-state index contributed by atoms with van der Waals surface area (Å²) in [6.45, 7) is 5.03. The zero-order chi connectivity index (χ0) is 44.5. The first-order valence-electron chi connectivity index (χ1n) is 21.3. The van der Waals surface area contributed by atoms with Crippen LogP contribution in [-0.4, -0.2) is 111 Å². The van der Waals surface area contributed by atoms with Gasteiger partial charge in [-0.05, 0) is 98.2 Å². The van der Waals surface area contributed by atoms with Crippen molar-refractivity contribution in [1.82, 2.24) is 9.97 Å². The Labute approximate surface area is 390 Å². The van der Waals surface area contributed by atoms with E-state index in [1.165, 1.54) is 12.1 Å². The van der Waals surface area contributed by atoms with Gasteiger partial charge in [-0.3, -0.25) is 4.79 Å². The van der Waals surface area contributed by atoms with E-state index < -0.39 is 25.5 Å². The number of nitrogens with zero attached hydrogens (tertiary/aromatic N) is 6. The molecule has 4 heterocycles. The van der Waals surface area contributed by atoms with Crippen molar-refractivity contribution in [3.63, 3.8) is 0 Å². The second-order valence-corrected chi connectivity index (χ2v) is 24.1.